The maximum absolute atomic E-state index is 9.56. The van der Waals surface area contributed by atoms with E-state index >= 15 is 0 Å². The van der Waals surface area contributed by atoms with Crippen molar-refractivity contribution in [1.82, 2.24) is 0 Å². The summed E-state index contributed by atoms with van der Waals surface area (Å²) in [5, 5.41) is 9.56. The van der Waals surface area contributed by atoms with E-state index in [9.17, 15) is 5.11 Å². The summed E-state index contributed by atoms with van der Waals surface area (Å²) in [5.74, 6) is 3.49. The van der Waals surface area contributed by atoms with Gasteiger partial charge in [0.2, 0.25) is 0 Å². The number of unbranched alkanes of at least 4 members (excludes halogenated alkanes) is 1. The number of aliphatic hydroxyl groups excluding tert-OH is 1. The minimum atomic E-state index is -0.256. The average Bonchev–Trinajstić information content (AvgIpc) is 2.68. The van der Waals surface area contributed by atoms with Crippen LogP contribution in [0.15, 0.2) is 22.8 Å². The van der Waals surface area contributed by atoms with Crippen LogP contribution in [0.4, 0.5) is 0 Å². The van der Waals surface area contributed by atoms with E-state index in [1.54, 1.807) is 6.26 Å². The van der Waals surface area contributed by atoms with Crippen LogP contribution in [0.2, 0.25) is 0 Å². The summed E-state index contributed by atoms with van der Waals surface area (Å²) in [6, 6.07) is 3.79. The zero-order chi connectivity index (χ0) is 10.2. The lowest BCUT2D eigenvalue weighted by molar-refractivity contribution is 0.150. The van der Waals surface area contributed by atoms with Crippen LogP contribution in [0.5, 0.6) is 0 Å². The number of rotatable bonds is 6. The van der Waals surface area contributed by atoms with Gasteiger partial charge in [0.15, 0.2) is 0 Å². The highest BCUT2D eigenvalue weighted by Gasteiger charge is 2.04. The first-order valence-corrected chi connectivity index (χ1v) is 4.97. The van der Waals surface area contributed by atoms with Crippen molar-refractivity contribution in [1.29, 1.82) is 0 Å². The second-order valence-corrected chi connectivity index (χ2v) is 3.37. The molecule has 1 heterocycles. The van der Waals surface area contributed by atoms with Gasteiger partial charge in [0.25, 0.3) is 0 Å². The monoisotopic (exact) mass is 192 g/mol. The van der Waals surface area contributed by atoms with Gasteiger partial charge in [-0.15, -0.1) is 12.3 Å². The molecular formula is C12H16O2. The molecule has 2 nitrogen and oxygen atoms in total. The summed E-state index contributed by atoms with van der Waals surface area (Å²) in [4.78, 5) is 0. The Labute approximate surface area is 84.9 Å². The van der Waals surface area contributed by atoms with Gasteiger partial charge in [-0.2, -0.15) is 0 Å². The number of aliphatic hydroxyl groups is 1. The normalized spacial score (nSPS) is 12.3. The molecule has 0 aliphatic carbocycles. The molecule has 0 amide bonds. The first kappa shape index (κ1) is 10.9. The fraction of sp³-hybridized carbons (Fsp3) is 0.500. The highest BCUT2D eigenvalue weighted by atomic mass is 16.3. The fourth-order valence-corrected chi connectivity index (χ4v) is 1.35. The molecule has 0 aliphatic rings. The van der Waals surface area contributed by atoms with Crippen LogP contribution in [0, 0.1) is 12.3 Å². The van der Waals surface area contributed by atoms with Crippen molar-refractivity contribution in [2.75, 3.05) is 0 Å². The van der Waals surface area contributed by atoms with E-state index < -0.39 is 0 Å². The summed E-state index contributed by atoms with van der Waals surface area (Å²) >= 11 is 0. The molecule has 0 aromatic carbocycles. The molecule has 1 unspecified atom stereocenters. The smallest absolute Gasteiger partial charge is 0.103 e. The van der Waals surface area contributed by atoms with Crippen molar-refractivity contribution in [2.45, 2.75) is 38.2 Å². The molecule has 0 radical (unpaired) electrons. The van der Waals surface area contributed by atoms with Crippen LogP contribution >= 0.6 is 0 Å². The number of furan rings is 1. The van der Waals surface area contributed by atoms with Crippen LogP contribution < -0.4 is 0 Å². The summed E-state index contributed by atoms with van der Waals surface area (Å²) in [5.41, 5.74) is 0. The molecule has 1 atom stereocenters. The molecule has 2 heteroatoms. The lowest BCUT2D eigenvalue weighted by Crippen LogP contribution is -2.07. The number of aryl methyl sites for hydroxylation is 1. The van der Waals surface area contributed by atoms with Crippen LogP contribution in [0.3, 0.4) is 0 Å². The summed E-state index contributed by atoms with van der Waals surface area (Å²) < 4.78 is 5.17. The lowest BCUT2D eigenvalue weighted by atomic mass is 10.1. The van der Waals surface area contributed by atoms with E-state index in [0.717, 1.165) is 37.9 Å². The zero-order valence-corrected chi connectivity index (χ0v) is 8.28. The standard InChI is InChI=1S/C12H16O2/c1-2-3-4-6-11(13)8-9-12-7-5-10-14-12/h1,5,7,10-11,13H,3-4,6,8-9H2. The SMILES string of the molecule is C#CCCCC(O)CCc1ccco1. The van der Waals surface area contributed by atoms with Crippen LogP contribution in [-0.4, -0.2) is 11.2 Å². The third kappa shape index (κ3) is 4.15. The van der Waals surface area contributed by atoms with Gasteiger partial charge in [-0.05, 0) is 31.4 Å². The molecule has 0 spiro atoms. The average molecular weight is 192 g/mol. The molecule has 1 N–H and O–H groups in total. The summed E-state index contributed by atoms with van der Waals surface area (Å²) in [6.07, 6.45) is 10.5. The van der Waals surface area contributed by atoms with Crippen LogP contribution in [0.25, 0.3) is 0 Å². The second-order valence-electron chi connectivity index (χ2n) is 3.37. The van der Waals surface area contributed by atoms with Gasteiger partial charge in [-0.3, -0.25) is 0 Å². The highest BCUT2D eigenvalue weighted by Crippen LogP contribution is 2.09. The predicted octanol–water partition coefficient (Wildman–Crippen LogP) is 2.38. The number of hydrogen-bond acceptors (Lipinski definition) is 2. The van der Waals surface area contributed by atoms with E-state index in [4.69, 9.17) is 10.8 Å². The molecule has 1 aromatic rings. The topological polar surface area (TPSA) is 33.4 Å². The Balaban J connectivity index is 2.09. The van der Waals surface area contributed by atoms with Gasteiger partial charge in [-0.25, -0.2) is 0 Å². The van der Waals surface area contributed by atoms with Crippen LogP contribution in [0.1, 0.15) is 31.4 Å². The molecule has 0 fully saturated rings. The van der Waals surface area contributed by atoms with Gasteiger partial charge in [0.05, 0.1) is 12.4 Å². The third-order valence-corrected chi connectivity index (χ3v) is 2.16. The Morgan fingerprint density at radius 3 is 3.00 bits per heavy atom. The van der Waals surface area contributed by atoms with Gasteiger partial charge in [-0.1, -0.05) is 0 Å². The molecule has 76 valence electrons. The van der Waals surface area contributed by atoms with Gasteiger partial charge >= 0.3 is 0 Å². The Morgan fingerprint density at radius 1 is 1.50 bits per heavy atom. The van der Waals surface area contributed by atoms with Crippen molar-refractivity contribution >= 4 is 0 Å². The predicted molar refractivity (Wildman–Crippen MR) is 55.7 cm³/mol. The van der Waals surface area contributed by atoms with Gasteiger partial charge in [0.1, 0.15) is 5.76 Å². The number of hydrogen-bond donors (Lipinski definition) is 1. The van der Waals surface area contributed by atoms with Crippen molar-refractivity contribution in [3.8, 4) is 12.3 Å². The second kappa shape index (κ2) is 6.28. The van der Waals surface area contributed by atoms with E-state index in [2.05, 4.69) is 5.92 Å². The minimum Gasteiger partial charge on any atom is -0.469 e. The maximum Gasteiger partial charge on any atom is 0.103 e. The highest BCUT2D eigenvalue weighted by molar-refractivity contribution is 4.98. The molecule has 0 aliphatic heterocycles. The third-order valence-electron chi connectivity index (χ3n) is 2.16. The van der Waals surface area contributed by atoms with Crippen LogP contribution in [-0.2, 0) is 6.42 Å². The van der Waals surface area contributed by atoms with E-state index in [0.29, 0.717) is 0 Å². The van der Waals surface area contributed by atoms with E-state index in [1.165, 1.54) is 0 Å². The minimum absolute atomic E-state index is 0.256. The summed E-state index contributed by atoms with van der Waals surface area (Å²) in [7, 11) is 0. The first-order chi connectivity index (χ1) is 6.83. The molecule has 0 saturated carbocycles. The molecule has 1 rings (SSSR count). The Kier molecular flexibility index (Phi) is 4.88. The van der Waals surface area contributed by atoms with Crippen molar-refractivity contribution in [3.63, 3.8) is 0 Å². The zero-order valence-electron chi connectivity index (χ0n) is 8.28. The van der Waals surface area contributed by atoms with Crippen molar-refractivity contribution in [3.05, 3.63) is 24.2 Å². The quantitative estimate of drug-likeness (QED) is 0.554. The molecular weight excluding hydrogens is 176 g/mol. The molecule has 14 heavy (non-hydrogen) atoms. The maximum atomic E-state index is 9.56. The fourth-order valence-electron chi connectivity index (χ4n) is 1.35. The van der Waals surface area contributed by atoms with Crippen molar-refractivity contribution in [2.24, 2.45) is 0 Å². The molecule has 1 aromatic heterocycles. The van der Waals surface area contributed by atoms with E-state index in [-0.39, 0.29) is 6.10 Å². The van der Waals surface area contributed by atoms with Gasteiger partial charge in [0, 0.05) is 12.8 Å². The van der Waals surface area contributed by atoms with Crippen molar-refractivity contribution < 1.29 is 9.52 Å². The first-order valence-electron chi connectivity index (χ1n) is 4.97. The number of terminal acetylenes is 1. The largest absolute Gasteiger partial charge is 0.469 e. The Morgan fingerprint density at radius 2 is 2.36 bits per heavy atom. The Hall–Kier alpha value is -1.20. The molecule has 0 saturated heterocycles. The lowest BCUT2D eigenvalue weighted by Gasteiger charge is -2.07. The van der Waals surface area contributed by atoms with E-state index in [1.807, 2.05) is 12.1 Å². The van der Waals surface area contributed by atoms with Gasteiger partial charge < -0.3 is 9.52 Å². The summed E-state index contributed by atoms with van der Waals surface area (Å²) in [6.45, 7) is 0. The molecule has 0 bridgehead atoms. The Bertz CT molecular complexity index is 269.